The number of carbonyl (C=O) groups excluding carboxylic acids is 1. The third-order valence-electron chi connectivity index (χ3n) is 5.08. The molecule has 7 heteroatoms. The fraction of sp³-hybridized carbons (Fsp3) is 0.208. The molecule has 0 radical (unpaired) electrons. The highest BCUT2D eigenvalue weighted by atomic mass is 35.5. The standard InChI is InChI=1S/C24H25ClN2O3S/c1-18-12-14-20(15-13-18)16-26(3)24(28)17-27(23-11-7-10-22(25)19(23)2)31(29,30)21-8-5-4-6-9-21/h4-15H,16-17H2,1-3H3. The molecule has 0 bridgehead atoms. The second-order valence-electron chi connectivity index (χ2n) is 7.44. The molecule has 0 spiro atoms. The van der Waals surface area contributed by atoms with Gasteiger partial charge in [0.05, 0.1) is 10.6 Å². The monoisotopic (exact) mass is 456 g/mol. The predicted octanol–water partition coefficient (Wildman–Crippen LogP) is 4.81. The van der Waals surface area contributed by atoms with Gasteiger partial charge in [0.25, 0.3) is 10.0 Å². The Morgan fingerprint density at radius 1 is 0.903 bits per heavy atom. The van der Waals surface area contributed by atoms with Crippen molar-refractivity contribution in [2.75, 3.05) is 17.9 Å². The largest absolute Gasteiger partial charge is 0.340 e. The maximum absolute atomic E-state index is 13.5. The van der Waals surface area contributed by atoms with E-state index in [0.29, 0.717) is 22.8 Å². The van der Waals surface area contributed by atoms with Gasteiger partial charge in [0.15, 0.2) is 0 Å². The Kier molecular flexibility index (Phi) is 7.03. The highest BCUT2D eigenvalue weighted by Gasteiger charge is 2.29. The van der Waals surface area contributed by atoms with E-state index in [1.807, 2.05) is 31.2 Å². The third kappa shape index (κ3) is 5.27. The van der Waals surface area contributed by atoms with Crippen LogP contribution in [0.4, 0.5) is 5.69 Å². The summed E-state index contributed by atoms with van der Waals surface area (Å²) in [6.07, 6.45) is 0. The Morgan fingerprint density at radius 3 is 2.19 bits per heavy atom. The van der Waals surface area contributed by atoms with Crippen LogP contribution in [0.1, 0.15) is 16.7 Å². The molecule has 0 fully saturated rings. The van der Waals surface area contributed by atoms with Crippen molar-refractivity contribution in [3.8, 4) is 0 Å². The number of rotatable bonds is 7. The minimum absolute atomic E-state index is 0.114. The van der Waals surface area contributed by atoms with Crippen LogP contribution in [0.15, 0.2) is 77.7 Å². The number of benzene rings is 3. The second-order valence-corrected chi connectivity index (χ2v) is 9.71. The van der Waals surface area contributed by atoms with Crippen LogP contribution in [0, 0.1) is 13.8 Å². The smallest absolute Gasteiger partial charge is 0.264 e. The molecule has 0 saturated heterocycles. The second kappa shape index (κ2) is 9.54. The Bertz CT molecular complexity index is 1160. The first-order chi connectivity index (χ1) is 14.7. The van der Waals surface area contributed by atoms with Crippen LogP contribution < -0.4 is 4.31 Å². The van der Waals surface area contributed by atoms with E-state index in [9.17, 15) is 13.2 Å². The van der Waals surface area contributed by atoms with Gasteiger partial charge in [-0.15, -0.1) is 0 Å². The Labute approximate surface area is 188 Å². The SMILES string of the molecule is Cc1ccc(CN(C)C(=O)CN(c2cccc(Cl)c2C)S(=O)(=O)c2ccccc2)cc1. The minimum atomic E-state index is -3.97. The summed E-state index contributed by atoms with van der Waals surface area (Å²) in [6, 6.07) is 21.0. The van der Waals surface area contributed by atoms with Crippen LogP contribution in [0.25, 0.3) is 0 Å². The van der Waals surface area contributed by atoms with Gasteiger partial charge in [0, 0.05) is 18.6 Å². The zero-order valence-electron chi connectivity index (χ0n) is 17.7. The van der Waals surface area contributed by atoms with Crippen LogP contribution in [0.5, 0.6) is 0 Å². The third-order valence-corrected chi connectivity index (χ3v) is 7.27. The molecular weight excluding hydrogens is 432 g/mol. The fourth-order valence-corrected chi connectivity index (χ4v) is 4.85. The number of amides is 1. The summed E-state index contributed by atoms with van der Waals surface area (Å²) in [6.45, 7) is 3.79. The lowest BCUT2D eigenvalue weighted by Crippen LogP contribution is -2.41. The molecule has 31 heavy (non-hydrogen) atoms. The van der Waals surface area contributed by atoms with E-state index in [2.05, 4.69) is 0 Å². The van der Waals surface area contributed by atoms with E-state index in [1.165, 1.54) is 17.0 Å². The average Bonchev–Trinajstić information content (AvgIpc) is 2.76. The van der Waals surface area contributed by atoms with Gasteiger partial charge in [-0.25, -0.2) is 8.42 Å². The number of sulfonamides is 1. The summed E-state index contributed by atoms with van der Waals surface area (Å²) in [5, 5.41) is 0.436. The Morgan fingerprint density at radius 2 is 1.55 bits per heavy atom. The summed E-state index contributed by atoms with van der Waals surface area (Å²) in [4.78, 5) is 14.7. The Hall–Kier alpha value is -2.83. The van der Waals surface area contributed by atoms with E-state index in [0.717, 1.165) is 15.4 Å². The number of nitrogens with zero attached hydrogens (tertiary/aromatic N) is 2. The van der Waals surface area contributed by atoms with E-state index >= 15 is 0 Å². The molecule has 0 N–H and O–H groups in total. The van der Waals surface area contributed by atoms with Gasteiger partial charge in [0.2, 0.25) is 5.91 Å². The number of anilines is 1. The number of hydrogen-bond acceptors (Lipinski definition) is 3. The van der Waals surface area contributed by atoms with E-state index in [4.69, 9.17) is 11.6 Å². The number of likely N-dealkylation sites (N-methyl/N-ethyl adjacent to an activating group) is 1. The van der Waals surface area contributed by atoms with Crippen molar-refractivity contribution in [2.24, 2.45) is 0 Å². The lowest BCUT2D eigenvalue weighted by Gasteiger charge is -2.28. The lowest BCUT2D eigenvalue weighted by atomic mass is 10.1. The minimum Gasteiger partial charge on any atom is -0.340 e. The molecule has 0 heterocycles. The van der Waals surface area contributed by atoms with Crippen molar-refractivity contribution in [1.29, 1.82) is 0 Å². The fourth-order valence-electron chi connectivity index (χ4n) is 3.18. The lowest BCUT2D eigenvalue weighted by molar-refractivity contribution is -0.128. The summed E-state index contributed by atoms with van der Waals surface area (Å²) in [5.74, 6) is -0.320. The highest BCUT2D eigenvalue weighted by molar-refractivity contribution is 7.92. The molecule has 0 saturated carbocycles. The van der Waals surface area contributed by atoms with Gasteiger partial charge >= 0.3 is 0 Å². The summed E-state index contributed by atoms with van der Waals surface area (Å²) >= 11 is 6.26. The topological polar surface area (TPSA) is 57.7 Å². The van der Waals surface area contributed by atoms with Gasteiger partial charge in [-0.1, -0.05) is 65.7 Å². The highest BCUT2D eigenvalue weighted by Crippen LogP contribution is 2.31. The zero-order chi connectivity index (χ0) is 22.6. The Balaban J connectivity index is 1.94. The first-order valence-corrected chi connectivity index (χ1v) is 11.6. The van der Waals surface area contributed by atoms with Gasteiger partial charge < -0.3 is 4.90 Å². The van der Waals surface area contributed by atoms with Crippen LogP contribution in [-0.2, 0) is 21.4 Å². The number of carbonyl (C=O) groups is 1. The molecule has 0 aromatic heterocycles. The molecule has 3 aromatic rings. The van der Waals surface area contributed by atoms with Gasteiger partial charge in [0.1, 0.15) is 6.54 Å². The molecule has 3 rings (SSSR count). The van der Waals surface area contributed by atoms with Gasteiger partial charge in [-0.2, -0.15) is 0 Å². The maximum Gasteiger partial charge on any atom is 0.264 e. The van der Waals surface area contributed by atoms with Crippen LogP contribution in [0.2, 0.25) is 5.02 Å². The van der Waals surface area contributed by atoms with Crippen molar-refractivity contribution in [1.82, 2.24) is 4.90 Å². The van der Waals surface area contributed by atoms with E-state index in [1.54, 1.807) is 50.4 Å². The number of hydrogen-bond donors (Lipinski definition) is 0. The van der Waals surface area contributed by atoms with E-state index in [-0.39, 0.29) is 17.3 Å². The van der Waals surface area contributed by atoms with Crippen molar-refractivity contribution in [2.45, 2.75) is 25.3 Å². The number of halogens is 1. The number of aryl methyl sites for hydroxylation is 1. The first kappa shape index (κ1) is 22.8. The zero-order valence-corrected chi connectivity index (χ0v) is 19.3. The van der Waals surface area contributed by atoms with Crippen LogP contribution in [-0.4, -0.2) is 32.8 Å². The molecule has 3 aromatic carbocycles. The molecule has 162 valence electrons. The molecular formula is C24H25ClN2O3S. The van der Waals surface area contributed by atoms with Crippen molar-refractivity contribution < 1.29 is 13.2 Å². The summed E-state index contributed by atoms with van der Waals surface area (Å²) < 4.78 is 28.1. The predicted molar refractivity (Wildman–Crippen MR) is 125 cm³/mol. The summed E-state index contributed by atoms with van der Waals surface area (Å²) in [7, 11) is -2.31. The molecule has 5 nitrogen and oxygen atoms in total. The molecule has 0 aliphatic heterocycles. The summed E-state index contributed by atoms with van der Waals surface area (Å²) in [5.41, 5.74) is 3.08. The van der Waals surface area contributed by atoms with E-state index < -0.39 is 10.0 Å². The van der Waals surface area contributed by atoms with Crippen LogP contribution in [0.3, 0.4) is 0 Å². The van der Waals surface area contributed by atoms with Gasteiger partial charge in [-0.05, 0) is 49.2 Å². The van der Waals surface area contributed by atoms with Crippen molar-refractivity contribution in [3.63, 3.8) is 0 Å². The van der Waals surface area contributed by atoms with Crippen molar-refractivity contribution in [3.05, 3.63) is 94.5 Å². The quantitative estimate of drug-likeness (QED) is 0.512. The first-order valence-electron chi connectivity index (χ1n) is 9.82. The molecule has 0 aliphatic rings. The van der Waals surface area contributed by atoms with Gasteiger partial charge in [-0.3, -0.25) is 9.10 Å². The molecule has 0 aliphatic carbocycles. The average molecular weight is 457 g/mol. The maximum atomic E-state index is 13.5. The molecule has 1 amide bonds. The van der Waals surface area contributed by atoms with Crippen LogP contribution >= 0.6 is 11.6 Å². The molecule has 0 unspecified atom stereocenters. The normalized spacial score (nSPS) is 11.2. The van der Waals surface area contributed by atoms with Crippen molar-refractivity contribution >= 4 is 33.2 Å². The molecule has 0 atom stereocenters.